The fourth-order valence-corrected chi connectivity index (χ4v) is 3.22. The van der Waals surface area contributed by atoms with Crippen LogP contribution in [0.5, 0.6) is 5.75 Å². The molecule has 1 aromatic carbocycles. The van der Waals surface area contributed by atoms with Crippen molar-refractivity contribution >= 4 is 31.9 Å². The average molecular weight is 437 g/mol. The molecule has 1 aromatic rings. The van der Waals surface area contributed by atoms with Gasteiger partial charge >= 0.3 is 0 Å². The predicted molar refractivity (Wildman–Crippen MR) is 100.0 cm³/mol. The minimum atomic E-state index is -3.40. The minimum absolute atomic E-state index is 0.0356. The molecule has 1 amide bonds. The van der Waals surface area contributed by atoms with Gasteiger partial charge in [-0.05, 0) is 26.0 Å². The Balaban J connectivity index is 2.79. The van der Waals surface area contributed by atoms with E-state index in [4.69, 9.17) is 9.84 Å². The number of hydrogen-bond donors (Lipinski definition) is 2. The molecule has 1 atom stereocenters. The smallest absolute Gasteiger partial charge is 0.235 e. The second-order valence-corrected chi connectivity index (χ2v) is 8.83. The van der Waals surface area contributed by atoms with Gasteiger partial charge in [-0.1, -0.05) is 22.0 Å². The summed E-state index contributed by atoms with van der Waals surface area (Å²) in [7, 11) is -2.02. The topological polar surface area (TPSA) is 95.9 Å². The standard InChI is InChI=1S/C16H25BrN2O5S/c1-4-25(22,23)19(3)11-16(21)18-12(2)14-7-6-13(17)10-15(14)24-9-5-8-20/h6-7,10,12,20H,4-5,8-9,11H2,1-3H3,(H,18,21). The Morgan fingerprint density at radius 1 is 1.44 bits per heavy atom. The Labute approximate surface area is 157 Å². The van der Waals surface area contributed by atoms with E-state index in [1.807, 2.05) is 12.1 Å². The molecular formula is C16H25BrN2O5S. The maximum absolute atomic E-state index is 12.1. The Kier molecular flexibility index (Phi) is 8.84. The van der Waals surface area contributed by atoms with Gasteiger partial charge in [-0.25, -0.2) is 8.42 Å². The maximum atomic E-state index is 12.1. The monoisotopic (exact) mass is 436 g/mol. The van der Waals surface area contributed by atoms with Crippen molar-refractivity contribution in [3.8, 4) is 5.75 Å². The molecule has 0 saturated heterocycles. The molecule has 0 aliphatic heterocycles. The molecule has 1 unspecified atom stereocenters. The van der Waals surface area contributed by atoms with Gasteiger partial charge in [-0.2, -0.15) is 4.31 Å². The van der Waals surface area contributed by atoms with Crippen LogP contribution < -0.4 is 10.1 Å². The van der Waals surface area contributed by atoms with Crippen molar-refractivity contribution in [3.05, 3.63) is 28.2 Å². The lowest BCUT2D eigenvalue weighted by Crippen LogP contribution is -2.39. The lowest BCUT2D eigenvalue weighted by atomic mass is 10.1. The van der Waals surface area contributed by atoms with E-state index < -0.39 is 15.9 Å². The van der Waals surface area contributed by atoms with Gasteiger partial charge < -0.3 is 15.2 Å². The molecule has 0 saturated carbocycles. The number of sulfonamides is 1. The summed E-state index contributed by atoms with van der Waals surface area (Å²) >= 11 is 3.38. The van der Waals surface area contributed by atoms with Gasteiger partial charge in [-0.3, -0.25) is 4.79 Å². The molecule has 0 spiro atoms. The number of amides is 1. The molecular weight excluding hydrogens is 412 g/mol. The third-order valence-electron chi connectivity index (χ3n) is 3.59. The zero-order valence-corrected chi connectivity index (χ0v) is 17.1. The van der Waals surface area contributed by atoms with Gasteiger partial charge in [0, 0.05) is 30.1 Å². The highest BCUT2D eigenvalue weighted by atomic mass is 79.9. The van der Waals surface area contributed by atoms with E-state index in [1.54, 1.807) is 13.0 Å². The van der Waals surface area contributed by atoms with Crippen LogP contribution in [0.25, 0.3) is 0 Å². The molecule has 142 valence electrons. The molecule has 0 fully saturated rings. The molecule has 2 N–H and O–H groups in total. The van der Waals surface area contributed by atoms with E-state index in [0.29, 0.717) is 18.8 Å². The fraction of sp³-hybridized carbons (Fsp3) is 0.562. The number of likely N-dealkylation sites (N-methyl/N-ethyl adjacent to an activating group) is 1. The van der Waals surface area contributed by atoms with Crippen LogP contribution in [-0.4, -0.2) is 56.3 Å². The molecule has 0 aliphatic carbocycles. The van der Waals surface area contributed by atoms with Crippen LogP contribution in [0.4, 0.5) is 0 Å². The maximum Gasteiger partial charge on any atom is 0.235 e. The van der Waals surface area contributed by atoms with Crippen molar-refractivity contribution in [2.45, 2.75) is 26.3 Å². The summed E-state index contributed by atoms with van der Waals surface area (Å²) in [5.41, 5.74) is 0.774. The molecule has 7 nitrogen and oxygen atoms in total. The van der Waals surface area contributed by atoms with Crippen LogP contribution in [0, 0.1) is 0 Å². The molecule has 0 aromatic heterocycles. The summed E-state index contributed by atoms with van der Waals surface area (Å²) < 4.78 is 31.0. The lowest BCUT2D eigenvalue weighted by molar-refractivity contribution is -0.121. The Morgan fingerprint density at radius 2 is 2.12 bits per heavy atom. The van der Waals surface area contributed by atoms with Crippen molar-refractivity contribution in [1.29, 1.82) is 0 Å². The Hall–Kier alpha value is -1.16. The minimum Gasteiger partial charge on any atom is -0.493 e. The number of carbonyl (C=O) groups excluding carboxylic acids is 1. The highest BCUT2D eigenvalue weighted by Crippen LogP contribution is 2.29. The molecule has 9 heteroatoms. The first kappa shape index (κ1) is 21.9. The number of rotatable bonds is 10. The van der Waals surface area contributed by atoms with Crippen molar-refractivity contribution in [2.75, 3.05) is 32.6 Å². The summed E-state index contributed by atoms with van der Waals surface area (Å²) in [5.74, 6) is 0.156. The van der Waals surface area contributed by atoms with Crippen LogP contribution in [-0.2, 0) is 14.8 Å². The summed E-state index contributed by atoms with van der Waals surface area (Å²) in [6.07, 6.45) is 0.506. The Morgan fingerprint density at radius 3 is 2.72 bits per heavy atom. The molecule has 0 heterocycles. The number of nitrogens with zero attached hydrogens (tertiary/aromatic N) is 1. The zero-order chi connectivity index (χ0) is 19.0. The van der Waals surface area contributed by atoms with Crippen LogP contribution >= 0.6 is 15.9 Å². The molecule has 0 aliphatic rings. The van der Waals surface area contributed by atoms with E-state index >= 15 is 0 Å². The van der Waals surface area contributed by atoms with E-state index in [-0.39, 0.29) is 24.9 Å². The highest BCUT2D eigenvalue weighted by molar-refractivity contribution is 9.10. The van der Waals surface area contributed by atoms with Gasteiger partial charge in [0.25, 0.3) is 0 Å². The SMILES string of the molecule is CCS(=O)(=O)N(C)CC(=O)NC(C)c1ccc(Br)cc1OCCCO. The fourth-order valence-electron chi connectivity index (χ4n) is 2.12. The number of hydrogen-bond acceptors (Lipinski definition) is 5. The van der Waals surface area contributed by atoms with Crippen molar-refractivity contribution in [2.24, 2.45) is 0 Å². The lowest BCUT2D eigenvalue weighted by Gasteiger charge is -2.21. The van der Waals surface area contributed by atoms with Crippen LogP contribution in [0.15, 0.2) is 22.7 Å². The molecule has 25 heavy (non-hydrogen) atoms. The molecule has 0 radical (unpaired) electrons. The van der Waals surface area contributed by atoms with E-state index in [1.165, 1.54) is 14.0 Å². The zero-order valence-electron chi connectivity index (χ0n) is 14.7. The van der Waals surface area contributed by atoms with E-state index in [0.717, 1.165) is 14.3 Å². The first-order valence-electron chi connectivity index (χ1n) is 7.97. The van der Waals surface area contributed by atoms with Gasteiger partial charge in [-0.15, -0.1) is 0 Å². The first-order chi connectivity index (χ1) is 11.7. The number of ether oxygens (including phenoxy) is 1. The van der Waals surface area contributed by atoms with Crippen LogP contribution in [0.3, 0.4) is 0 Å². The van der Waals surface area contributed by atoms with E-state index in [2.05, 4.69) is 21.2 Å². The summed E-state index contributed by atoms with van der Waals surface area (Å²) in [4.78, 5) is 12.1. The summed E-state index contributed by atoms with van der Waals surface area (Å²) in [5, 5.41) is 11.7. The van der Waals surface area contributed by atoms with Crippen molar-refractivity contribution < 1.29 is 23.1 Å². The van der Waals surface area contributed by atoms with E-state index in [9.17, 15) is 13.2 Å². The van der Waals surface area contributed by atoms with Crippen molar-refractivity contribution in [3.63, 3.8) is 0 Å². The number of halogens is 1. The Bertz CT molecular complexity index is 681. The van der Waals surface area contributed by atoms with Gasteiger partial charge in [0.1, 0.15) is 5.75 Å². The number of nitrogens with one attached hydrogen (secondary N) is 1. The largest absolute Gasteiger partial charge is 0.493 e. The number of benzene rings is 1. The second kappa shape index (κ2) is 10.1. The molecule has 0 bridgehead atoms. The summed E-state index contributed by atoms with van der Waals surface area (Å²) in [6, 6.07) is 5.10. The summed E-state index contributed by atoms with van der Waals surface area (Å²) in [6.45, 7) is 3.49. The second-order valence-electron chi connectivity index (χ2n) is 5.55. The normalized spacial score (nSPS) is 12.9. The van der Waals surface area contributed by atoms with Crippen LogP contribution in [0.2, 0.25) is 0 Å². The van der Waals surface area contributed by atoms with Gasteiger partial charge in [0.15, 0.2) is 0 Å². The quantitative estimate of drug-likeness (QED) is 0.543. The number of aliphatic hydroxyl groups excluding tert-OH is 1. The highest BCUT2D eigenvalue weighted by Gasteiger charge is 2.20. The van der Waals surface area contributed by atoms with Crippen LogP contribution in [0.1, 0.15) is 31.9 Å². The third kappa shape index (κ3) is 6.93. The van der Waals surface area contributed by atoms with Crippen molar-refractivity contribution in [1.82, 2.24) is 9.62 Å². The van der Waals surface area contributed by atoms with Gasteiger partial charge in [0.05, 0.1) is 24.9 Å². The predicted octanol–water partition coefficient (Wildman–Crippen LogP) is 1.67. The third-order valence-corrected chi connectivity index (χ3v) is 5.89. The average Bonchev–Trinajstić information content (AvgIpc) is 2.54. The number of aliphatic hydroxyl groups is 1. The molecule has 1 rings (SSSR count). The first-order valence-corrected chi connectivity index (χ1v) is 10.4. The van der Waals surface area contributed by atoms with Gasteiger partial charge in [0.2, 0.25) is 15.9 Å². The number of carbonyl (C=O) groups is 1.